The van der Waals surface area contributed by atoms with Gasteiger partial charge in [0.2, 0.25) is 10.0 Å². The number of carbonyl (C=O) groups is 1. The van der Waals surface area contributed by atoms with E-state index in [0.717, 1.165) is 22.3 Å². The molecule has 0 saturated heterocycles. The van der Waals surface area contributed by atoms with E-state index in [-0.39, 0.29) is 35.6 Å². The summed E-state index contributed by atoms with van der Waals surface area (Å²) in [5, 5.41) is 19.0. The zero-order valence-electron chi connectivity index (χ0n) is 22.7. The number of hydrogen-bond acceptors (Lipinski definition) is 6. The van der Waals surface area contributed by atoms with Crippen molar-refractivity contribution >= 4 is 16.0 Å². The van der Waals surface area contributed by atoms with Crippen molar-refractivity contribution in [1.29, 1.82) is 0 Å². The zero-order chi connectivity index (χ0) is 28.3. The van der Waals surface area contributed by atoms with E-state index in [4.69, 9.17) is 9.84 Å². The van der Waals surface area contributed by atoms with Crippen molar-refractivity contribution in [2.45, 2.75) is 44.4 Å². The molecule has 0 unspecified atom stereocenters. The first kappa shape index (κ1) is 28.8. The molecule has 9 heteroatoms. The molecule has 208 valence electrons. The number of ether oxygens (including phenoxy) is 1. The summed E-state index contributed by atoms with van der Waals surface area (Å²) < 4.78 is 35.4. The summed E-state index contributed by atoms with van der Waals surface area (Å²) in [6, 6.07) is 19.4. The van der Waals surface area contributed by atoms with Gasteiger partial charge in [0.25, 0.3) is 0 Å². The number of aryl methyl sites for hydroxylation is 1. The molecule has 0 bridgehead atoms. The Hall–Kier alpha value is -3.24. The molecule has 0 fully saturated rings. The van der Waals surface area contributed by atoms with Gasteiger partial charge in [0.15, 0.2) is 0 Å². The summed E-state index contributed by atoms with van der Waals surface area (Å²) in [6.07, 6.45) is -0.343. The largest absolute Gasteiger partial charge is 0.487 e. The molecule has 8 nitrogen and oxygen atoms in total. The molecular weight excluding hydrogens is 516 g/mol. The van der Waals surface area contributed by atoms with E-state index < -0.39 is 22.0 Å². The highest BCUT2D eigenvalue weighted by atomic mass is 32.2. The minimum atomic E-state index is -3.92. The number of aliphatic hydroxyl groups is 1. The van der Waals surface area contributed by atoms with Crippen LogP contribution in [0.2, 0.25) is 0 Å². The number of aliphatic hydroxyl groups excluding tert-OH is 1. The summed E-state index contributed by atoms with van der Waals surface area (Å²) in [6.45, 7) is 6.67. The topological polar surface area (TPSA) is 107 Å². The first-order valence-corrected chi connectivity index (χ1v) is 14.4. The number of fused-ring (bicyclic) bond motifs is 1. The second kappa shape index (κ2) is 11.9. The first-order valence-electron chi connectivity index (χ1n) is 13.0. The van der Waals surface area contributed by atoms with Crippen LogP contribution in [0.15, 0.2) is 71.6 Å². The van der Waals surface area contributed by atoms with Crippen molar-refractivity contribution in [1.82, 2.24) is 9.21 Å². The highest BCUT2D eigenvalue weighted by Crippen LogP contribution is 2.36. The maximum atomic E-state index is 13.7. The number of rotatable bonds is 8. The van der Waals surface area contributed by atoms with Gasteiger partial charge in [-0.2, -0.15) is 4.31 Å². The lowest BCUT2D eigenvalue weighted by Gasteiger charge is -2.37. The molecule has 0 aliphatic carbocycles. The van der Waals surface area contributed by atoms with Gasteiger partial charge in [-0.25, -0.2) is 13.2 Å². The molecule has 0 saturated carbocycles. The Bertz CT molecular complexity index is 1410. The fraction of sp³-hybridized carbons (Fsp3) is 0.367. The SMILES string of the molecule is Cc1ccc(-c2ccc3c(c2)O[C@@H](CN(C)Cc2ccc(C(=O)O)cc2)[C@@H](C)CN([C@H](C)CO)S3(=O)=O)cc1. The lowest BCUT2D eigenvalue weighted by molar-refractivity contribution is 0.0697. The van der Waals surface area contributed by atoms with Crippen LogP contribution in [0.25, 0.3) is 11.1 Å². The molecule has 3 atom stereocenters. The van der Waals surface area contributed by atoms with Crippen molar-refractivity contribution < 1.29 is 28.2 Å². The molecular formula is C30H36N2O6S. The van der Waals surface area contributed by atoms with E-state index in [0.29, 0.717) is 18.8 Å². The maximum Gasteiger partial charge on any atom is 0.335 e. The standard InChI is InChI=1S/C30H36N2O6S/c1-20-5-9-24(10-6-20)26-13-14-29-27(15-26)38-28(21(2)16-32(22(3)19-33)39(29,36)37)18-31(4)17-23-7-11-25(12-8-23)30(34)35/h5-15,21-22,28,33H,16-19H2,1-4H3,(H,34,35)/t21-,22+,28-/m0/s1. The van der Waals surface area contributed by atoms with Gasteiger partial charge in [-0.3, -0.25) is 4.90 Å². The molecule has 0 radical (unpaired) electrons. The van der Waals surface area contributed by atoms with E-state index >= 15 is 0 Å². The van der Waals surface area contributed by atoms with E-state index in [1.54, 1.807) is 49.4 Å². The third-order valence-corrected chi connectivity index (χ3v) is 9.22. The van der Waals surface area contributed by atoms with Crippen LogP contribution < -0.4 is 4.74 Å². The summed E-state index contributed by atoms with van der Waals surface area (Å²) in [4.78, 5) is 13.3. The fourth-order valence-electron chi connectivity index (χ4n) is 4.81. The summed E-state index contributed by atoms with van der Waals surface area (Å²) in [5.41, 5.74) is 4.13. The quantitative estimate of drug-likeness (QED) is 0.430. The van der Waals surface area contributed by atoms with Crippen LogP contribution in [-0.4, -0.2) is 72.7 Å². The Labute approximate surface area is 230 Å². The molecule has 4 rings (SSSR count). The number of sulfonamides is 1. The van der Waals surface area contributed by atoms with Crippen LogP contribution in [0.4, 0.5) is 0 Å². The molecule has 0 aromatic heterocycles. The Morgan fingerprint density at radius 1 is 1.08 bits per heavy atom. The fourth-order valence-corrected chi connectivity index (χ4v) is 6.63. The Morgan fingerprint density at radius 3 is 2.33 bits per heavy atom. The number of nitrogens with zero attached hydrogens (tertiary/aromatic N) is 2. The van der Waals surface area contributed by atoms with Gasteiger partial charge in [-0.05, 0) is 61.9 Å². The van der Waals surface area contributed by atoms with Crippen LogP contribution in [0.3, 0.4) is 0 Å². The van der Waals surface area contributed by atoms with E-state index in [2.05, 4.69) is 4.90 Å². The van der Waals surface area contributed by atoms with Gasteiger partial charge in [-0.1, -0.05) is 55.0 Å². The minimum absolute atomic E-state index is 0.0856. The van der Waals surface area contributed by atoms with Crippen LogP contribution >= 0.6 is 0 Å². The van der Waals surface area contributed by atoms with Gasteiger partial charge in [-0.15, -0.1) is 0 Å². The van der Waals surface area contributed by atoms with Gasteiger partial charge in [0.05, 0.1) is 12.2 Å². The van der Waals surface area contributed by atoms with Crippen molar-refractivity contribution in [3.8, 4) is 16.9 Å². The first-order chi connectivity index (χ1) is 18.5. The van der Waals surface area contributed by atoms with Crippen molar-refractivity contribution in [3.05, 3.63) is 83.4 Å². The van der Waals surface area contributed by atoms with E-state index in [1.165, 1.54) is 4.31 Å². The predicted octanol–water partition coefficient (Wildman–Crippen LogP) is 4.26. The highest BCUT2D eigenvalue weighted by molar-refractivity contribution is 7.89. The van der Waals surface area contributed by atoms with Crippen molar-refractivity contribution in [3.63, 3.8) is 0 Å². The monoisotopic (exact) mass is 552 g/mol. The second-order valence-electron chi connectivity index (χ2n) is 10.5. The van der Waals surface area contributed by atoms with Gasteiger partial charge >= 0.3 is 5.97 Å². The molecule has 0 spiro atoms. The molecule has 39 heavy (non-hydrogen) atoms. The number of carboxylic acids is 1. The minimum Gasteiger partial charge on any atom is -0.487 e. The van der Waals surface area contributed by atoms with Crippen LogP contribution in [0, 0.1) is 12.8 Å². The smallest absolute Gasteiger partial charge is 0.335 e. The van der Waals surface area contributed by atoms with Crippen LogP contribution in [0.5, 0.6) is 5.75 Å². The summed E-state index contributed by atoms with van der Waals surface area (Å²) in [7, 11) is -1.96. The molecule has 3 aromatic carbocycles. The average molecular weight is 553 g/mol. The molecule has 3 aromatic rings. The maximum absolute atomic E-state index is 13.7. The average Bonchev–Trinajstić information content (AvgIpc) is 2.90. The lowest BCUT2D eigenvalue weighted by Crippen LogP contribution is -2.49. The molecule has 2 N–H and O–H groups in total. The third kappa shape index (κ3) is 6.50. The van der Waals surface area contributed by atoms with Gasteiger partial charge in [0, 0.05) is 31.6 Å². The number of likely N-dealkylation sites (N-methyl/N-ethyl adjacent to an activating group) is 1. The zero-order valence-corrected chi connectivity index (χ0v) is 23.6. The number of hydrogen-bond donors (Lipinski definition) is 2. The molecule has 1 aliphatic rings. The van der Waals surface area contributed by atoms with E-state index in [1.807, 2.05) is 45.2 Å². The number of carboxylic acid groups (broad SMARTS) is 1. The second-order valence-corrected chi connectivity index (χ2v) is 12.3. The Balaban J connectivity index is 1.67. The predicted molar refractivity (Wildman–Crippen MR) is 150 cm³/mol. The van der Waals surface area contributed by atoms with Crippen LogP contribution in [0.1, 0.15) is 35.3 Å². The summed E-state index contributed by atoms with van der Waals surface area (Å²) >= 11 is 0. The molecule has 1 aliphatic heterocycles. The normalized spacial score (nSPS) is 19.9. The highest BCUT2D eigenvalue weighted by Gasteiger charge is 2.38. The van der Waals surface area contributed by atoms with Crippen molar-refractivity contribution in [2.24, 2.45) is 5.92 Å². The van der Waals surface area contributed by atoms with Gasteiger partial charge in [0.1, 0.15) is 16.7 Å². The van der Waals surface area contributed by atoms with Crippen LogP contribution in [-0.2, 0) is 16.6 Å². The summed E-state index contributed by atoms with van der Waals surface area (Å²) in [5.74, 6) is -0.854. The number of aromatic carboxylic acids is 1. The Kier molecular flexibility index (Phi) is 8.76. The Morgan fingerprint density at radius 2 is 1.72 bits per heavy atom. The third-order valence-electron chi connectivity index (χ3n) is 7.20. The van der Waals surface area contributed by atoms with Gasteiger partial charge < -0.3 is 14.9 Å². The lowest BCUT2D eigenvalue weighted by atomic mass is 10.0. The molecule has 0 amide bonds. The molecule has 1 heterocycles. The van der Waals surface area contributed by atoms with Crippen molar-refractivity contribution in [2.75, 3.05) is 26.7 Å². The van der Waals surface area contributed by atoms with E-state index in [9.17, 15) is 18.3 Å². The number of benzene rings is 3.